The standard InChI is InChI=1S/C15H29Cl2N2Si/c1-3-4-5-6-7-8-10-18-12-13-19(15-18)11-9-14-20(2,16)17/h12-13,15H,3-11,14H2,1-2H3/q+1. The van der Waals surface area contributed by atoms with Crippen molar-refractivity contribution in [3.05, 3.63) is 18.7 Å². The minimum absolute atomic E-state index is 0.964. The Bertz CT molecular complexity index is 361. The molecular formula is C15H29Cl2N2Si+. The Balaban J connectivity index is 2.13. The molecule has 1 aromatic heterocycles. The summed E-state index contributed by atoms with van der Waals surface area (Å²) in [6, 6.07) is 0.964. The zero-order valence-electron chi connectivity index (χ0n) is 13.0. The Morgan fingerprint density at radius 1 is 1.05 bits per heavy atom. The molecule has 0 bridgehead atoms. The van der Waals surface area contributed by atoms with Gasteiger partial charge in [0.25, 0.3) is 0 Å². The van der Waals surface area contributed by atoms with Gasteiger partial charge in [-0.25, -0.2) is 9.13 Å². The first-order chi connectivity index (χ1) is 9.51. The summed E-state index contributed by atoms with van der Waals surface area (Å²) < 4.78 is 4.53. The molecule has 116 valence electrons. The number of aromatic nitrogens is 2. The number of hydrogen-bond donors (Lipinski definition) is 0. The lowest BCUT2D eigenvalue weighted by molar-refractivity contribution is -0.696. The van der Waals surface area contributed by atoms with Crippen molar-refractivity contribution < 1.29 is 4.57 Å². The van der Waals surface area contributed by atoms with Gasteiger partial charge in [0.15, 0.2) is 0 Å². The molecule has 1 heterocycles. The Labute approximate surface area is 134 Å². The van der Waals surface area contributed by atoms with Gasteiger partial charge in [-0.3, -0.25) is 0 Å². The summed E-state index contributed by atoms with van der Waals surface area (Å²) in [5.41, 5.74) is 0. The lowest BCUT2D eigenvalue weighted by atomic mass is 10.1. The third-order valence-electron chi connectivity index (χ3n) is 3.55. The van der Waals surface area contributed by atoms with Crippen LogP contribution in [-0.4, -0.2) is 11.3 Å². The van der Waals surface area contributed by atoms with Crippen molar-refractivity contribution in [3.63, 3.8) is 0 Å². The van der Waals surface area contributed by atoms with Crippen molar-refractivity contribution in [1.82, 2.24) is 4.57 Å². The minimum atomic E-state index is -1.92. The van der Waals surface area contributed by atoms with E-state index in [1.165, 1.54) is 38.5 Å². The van der Waals surface area contributed by atoms with E-state index in [4.69, 9.17) is 22.2 Å². The highest BCUT2D eigenvalue weighted by molar-refractivity contribution is 7.44. The molecule has 0 aliphatic carbocycles. The van der Waals surface area contributed by atoms with E-state index < -0.39 is 6.69 Å². The third-order valence-corrected chi connectivity index (χ3v) is 5.91. The van der Waals surface area contributed by atoms with E-state index in [0.29, 0.717) is 0 Å². The highest BCUT2D eigenvalue weighted by Gasteiger charge is 2.20. The summed E-state index contributed by atoms with van der Waals surface area (Å²) in [5.74, 6) is 0. The molecule has 1 aromatic rings. The van der Waals surface area contributed by atoms with E-state index in [1.807, 2.05) is 6.55 Å². The van der Waals surface area contributed by atoms with Crippen LogP contribution in [0.25, 0.3) is 0 Å². The molecule has 0 fully saturated rings. The van der Waals surface area contributed by atoms with Gasteiger partial charge in [-0.05, 0) is 31.9 Å². The predicted octanol–water partition coefficient (Wildman–Crippen LogP) is 5.08. The monoisotopic (exact) mass is 335 g/mol. The average Bonchev–Trinajstić information content (AvgIpc) is 2.80. The molecule has 0 radical (unpaired) electrons. The van der Waals surface area contributed by atoms with Gasteiger partial charge in [0.1, 0.15) is 12.4 Å². The molecule has 0 amide bonds. The maximum absolute atomic E-state index is 6.12. The van der Waals surface area contributed by atoms with Gasteiger partial charge in [0, 0.05) is 0 Å². The summed E-state index contributed by atoms with van der Waals surface area (Å²) in [5, 5.41) is 0. The Hall–Kier alpha value is 0.00688. The van der Waals surface area contributed by atoms with Crippen LogP contribution in [0.1, 0.15) is 51.9 Å². The molecule has 0 aliphatic heterocycles. The zero-order chi connectivity index (χ0) is 14.8. The molecule has 0 aromatic carbocycles. The summed E-state index contributed by atoms with van der Waals surface area (Å²) in [7, 11) is 0. The van der Waals surface area contributed by atoms with E-state index >= 15 is 0 Å². The fourth-order valence-electron chi connectivity index (χ4n) is 2.35. The maximum Gasteiger partial charge on any atom is 0.248 e. The molecule has 0 saturated carbocycles. The molecule has 0 unspecified atom stereocenters. The van der Waals surface area contributed by atoms with Crippen LogP contribution in [0.15, 0.2) is 18.7 Å². The van der Waals surface area contributed by atoms with Crippen LogP contribution in [0.4, 0.5) is 0 Å². The topological polar surface area (TPSA) is 8.81 Å². The van der Waals surface area contributed by atoms with Crippen LogP contribution < -0.4 is 4.57 Å². The van der Waals surface area contributed by atoms with Gasteiger partial charge < -0.3 is 0 Å². The first kappa shape index (κ1) is 18.1. The van der Waals surface area contributed by atoms with Gasteiger partial charge in [-0.2, -0.15) is 0 Å². The SMILES string of the molecule is CCCCCCCCn1cc[n+](CCC[Si](C)(Cl)Cl)c1. The van der Waals surface area contributed by atoms with Crippen LogP contribution in [0.3, 0.4) is 0 Å². The normalized spacial score (nSPS) is 12.0. The lowest BCUT2D eigenvalue weighted by Gasteiger charge is -2.07. The van der Waals surface area contributed by atoms with Crippen LogP contribution in [0.2, 0.25) is 12.6 Å². The number of hydrogen-bond acceptors (Lipinski definition) is 0. The molecule has 5 heteroatoms. The number of imidazole rings is 1. The second-order valence-corrected chi connectivity index (χ2v) is 14.1. The van der Waals surface area contributed by atoms with Gasteiger partial charge in [-0.15, -0.1) is 22.2 Å². The second kappa shape index (κ2) is 9.86. The third kappa shape index (κ3) is 9.04. The van der Waals surface area contributed by atoms with Crippen molar-refractivity contribution in [2.45, 2.75) is 77.6 Å². The van der Waals surface area contributed by atoms with Crippen LogP contribution in [0.5, 0.6) is 0 Å². The van der Waals surface area contributed by atoms with E-state index in [1.54, 1.807) is 0 Å². The highest BCUT2D eigenvalue weighted by atomic mass is 35.7. The summed E-state index contributed by atoms with van der Waals surface area (Å²) >= 11 is 12.2. The van der Waals surface area contributed by atoms with E-state index in [2.05, 4.69) is 34.8 Å². The molecule has 2 nitrogen and oxygen atoms in total. The Morgan fingerprint density at radius 2 is 1.75 bits per heavy atom. The molecule has 1 rings (SSSR count). The smallest absolute Gasteiger partial charge is 0.237 e. The van der Waals surface area contributed by atoms with Crippen LogP contribution >= 0.6 is 22.2 Å². The quantitative estimate of drug-likeness (QED) is 0.231. The van der Waals surface area contributed by atoms with Gasteiger partial charge in [0.2, 0.25) is 13.0 Å². The highest BCUT2D eigenvalue weighted by Crippen LogP contribution is 2.21. The van der Waals surface area contributed by atoms with Crippen molar-refractivity contribution >= 4 is 28.9 Å². The summed E-state index contributed by atoms with van der Waals surface area (Å²) in [6.07, 6.45) is 15.7. The molecule has 0 spiro atoms. The molecule has 0 aliphatic rings. The molecule has 0 atom stereocenters. The molecule has 0 N–H and O–H groups in total. The van der Waals surface area contributed by atoms with Crippen LogP contribution in [0, 0.1) is 0 Å². The van der Waals surface area contributed by atoms with E-state index in [-0.39, 0.29) is 0 Å². The fourth-order valence-corrected chi connectivity index (χ4v) is 3.93. The Kier molecular flexibility index (Phi) is 8.90. The number of halogens is 2. The van der Waals surface area contributed by atoms with Crippen molar-refractivity contribution in [2.75, 3.05) is 0 Å². The van der Waals surface area contributed by atoms with Crippen LogP contribution in [-0.2, 0) is 13.1 Å². The van der Waals surface area contributed by atoms with Gasteiger partial charge in [0.05, 0.1) is 13.1 Å². The average molecular weight is 336 g/mol. The Morgan fingerprint density at radius 3 is 2.45 bits per heavy atom. The number of nitrogens with zero attached hydrogens (tertiary/aromatic N) is 2. The molecule has 0 saturated heterocycles. The van der Waals surface area contributed by atoms with Gasteiger partial charge in [-0.1, -0.05) is 32.6 Å². The van der Waals surface area contributed by atoms with Crippen molar-refractivity contribution in [1.29, 1.82) is 0 Å². The van der Waals surface area contributed by atoms with Crippen molar-refractivity contribution in [3.8, 4) is 0 Å². The fraction of sp³-hybridized carbons (Fsp3) is 0.800. The predicted molar refractivity (Wildman–Crippen MR) is 90.8 cm³/mol. The second-order valence-electron chi connectivity index (χ2n) is 5.83. The number of rotatable bonds is 11. The van der Waals surface area contributed by atoms with Gasteiger partial charge >= 0.3 is 0 Å². The van der Waals surface area contributed by atoms with Crippen molar-refractivity contribution in [2.24, 2.45) is 0 Å². The van der Waals surface area contributed by atoms with E-state index in [0.717, 1.165) is 25.6 Å². The summed E-state index contributed by atoms with van der Waals surface area (Å²) in [6.45, 7) is 4.49. The zero-order valence-corrected chi connectivity index (χ0v) is 15.5. The molecular weight excluding hydrogens is 307 g/mol. The number of aryl methyl sites for hydroxylation is 2. The largest absolute Gasteiger partial charge is 0.248 e. The maximum atomic E-state index is 6.12. The lowest BCUT2D eigenvalue weighted by Crippen LogP contribution is -2.32. The minimum Gasteiger partial charge on any atom is -0.237 e. The first-order valence-corrected chi connectivity index (χ1v) is 12.7. The first-order valence-electron chi connectivity index (χ1n) is 7.94. The molecule has 20 heavy (non-hydrogen) atoms. The van der Waals surface area contributed by atoms with E-state index in [9.17, 15) is 0 Å². The summed E-state index contributed by atoms with van der Waals surface area (Å²) in [4.78, 5) is 0. The number of unbranched alkanes of at least 4 members (excludes halogenated alkanes) is 5.